The second kappa shape index (κ2) is 9.04. The molecule has 3 rings (SSSR count). The Morgan fingerprint density at radius 3 is 2.96 bits per heavy atom. The molecule has 1 aromatic heterocycles. The average molecular weight is 371 g/mol. The standard InChI is InChI=1S/C21H29N3O3/c1-16-20(27-15-22-16)21(25)23(2)13-17-7-6-11-24(14-17)12-10-18-8-4-5-9-19(18)26-3/h4-5,8-9,15,17H,6-7,10-14H2,1-3H3. The van der Waals surface area contributed by atoms with Crippen molar-refractivity contribution in [2.45, 2.75) is 26.2 Å². The summed E-state index contributed by atoms with van der Waals surface area (Å²) in [6.45, 7) is 5.68. The molecular formula is C21H29N3O3. The van der Waals surface area contributed by atoms with Crippen LogP contribution in [0.1, 0.15) is 34.7 Å². The highest BCUT2D eigenvalue weighted by atomic mass is 16.5. The summed E-state index contributed by atoms with van der Waals surface area (Å²) in [4.78, 5) is 20.8. The highest BCUT2D eigenvalue weighted by Crippen LogP contribution is 2.21. The van der Waals surface area contributed by atoms with Crippen molar-refractivity contribution in [2.24, 2.45) is 5.92 Å². The number of carbonyl (C=O) groups is 1. The van der Waals surface area contributed by atoms with Gasteiger partial charge in [0.1, 0.15) is 5.75 Å². The lowest BCUT2D eigenvalue weighted by molar-refractivity contribution is 0.0699. The van der Waals surface area contributed by atoms with Crippen LogP contribution in [-0.2, 0) is 6.42 Å². The quantitative estimate of drug-likeness (QED) is 0.749. The molecule has 0 N–H and O–H groups in total. The second-order valence-corrected chi connectivity index (χ2v) is 7.32. The Kier molecular flexibility index (Phi) is 6.50. The Balaban J connectivity index is 1.52. The molecule has 6 heteroatoms. The molecule has 2 heterocycles. The molecule has 1 aliphatic rings. The number of hydrogen-bond acceptors (Lipinski definition) is 5. The highest BCUT2D eigenvalue weighted by Gasteiger charge is 2.25. The smallest absolute Gasteiger partial charge is 0.291 e. The van der Waals surface area contributed by atoms with Gasteiger partial charge in [-0.1, -0.05) is 18.2 Å². The lowest BCUT2D eigenvalue weighted by Crippen LogP contribution is -2.42. The molecule has 6 nitrogen and oxygen atoms in total. The minimum atomic E-state index is -0.0869. The van der Waals surface area contributed by atoms with Gasteiger partial charge in [-0.25, -0.2) is 4.98 Å². The molecule has 0 bridgehead atoms. The van der Waals surface area contributed by atoms with Crippen molar-refractivity contribution < 1.29 is 13.9 Å². The molecule has 1 unspecified atom stereocenters. The van der Waals surface area contributed by atoms with Gasteiger partial charge < -0.3 is 19.0 Å². The first-order valence-corrected chi connectivity index (χ1v) is 9.58. The lowest BCUT2D eigenvalue weighted by atomic mass is 9.97. The predicted octanol–water partition coefficient (Wildman–Crippen LogP) is 3.02. The fourth-order valence-electron chi connectivity index (χ4n) is 3.84. The van der Waals surface area contributed by atoms with Gasteiger partial charge in [-0.2, -0.15) is 0 Å². The van der Waals surface area contributed by atoms with E-state index in [2.05, 4.69) is 22.0 Å². The predicted molar refractivity (Wildman–Crippen MR) is 104 cm³/mol. The molecule has 0 saturated carbocycles. The van der Waals surface area contributed by atoms with Crippen molar-refractivity contribution in [2.75, 3.05) is 40.3 Å². The summed E-state index contributed by atoms with van der Waals surface area (Å²) in [7, 11) is 3.57. The van der Waals surface area contributed by atoms with Crippen LogP contribution in [0.2, 0.25) is 0 Å². The van der Waals surface area contributed by atoms with Gasteiger partial charge in [0.15, 0.2) is 6.39 Å². The first kappa shape index (κ1) is 19.4. The Labute approximate surface area is 161 Å². The Morgan fingerprint density at radius 1 is 1.41 bits per heavy atom. The zero-order valence-electron chi connectivity index (χ0n) is 16.5. The summed E-state index contributed by atoms with van der Waals surface area (Å²) < 4.78 is 10.7. The zero-order valence-corrected chi connectivity index (χ0v) is 16.5. The number of rotatable bonds is 7. The van der Waals surface area contributed by atoms with E-state index in [1.54, 1.807) is 18.9 Å². The normalized spacial score (nSPS) is 17.7. The maximum absolute atomic E-state index is 12.5. The molecule has 1 fully saturated rings. The molecule has 1 aromatic carbocycles. The second-order valence-electron chi connectivity index (χ2n) is 7.32. The zero-order chi connectivity index (χ0) is 19.2. The highest BCUT2D eigenvalue weighted by molar-refractivity contribution is 5.92. The summed E-state index contributed by atoms with van der Waals surface area (Å²) in [6, 6.07) is 8.21. The van der Waals surface area contributed by atoms with Crippen LogP contribution in [0.25, 0.3) is 0 Å². The van der Waals surface area contributed by atoms with Gasteiger partial charge in [0.2, 0.25) is 5.76 Å². The number of ether oxygens (including phenoxy) is 1. The van der Waals surface area contributed by atoms with Crippen molar-refractivity contribution in [1.82, 2.24) is 14.8 Å². The molecule has 0 aliphatic carbocycles. The molecule has 27 heavy (non-hydrogen) atoms. The third kappa shape index (κ3) is 4.89. The summed E-state index contributed by atoms with van der Waals surface area (Å²) in [5.74, 6) is 1.70. The van der Waals surface area contributed by atoms with Gasteiger partial charge in [0, 0.05) is 26.7 Å². The van der Waals surface area contributed by atoms with Crippen molar-refractivity contribution in [1.29, 1.82) is 0 Å². The monoisotopic (exact) mass is 371 g/mol. The van der Waals surface area contributed by atoms with Gasteiger partial charge in [0.25, 0.3) is 5.91 Å². The Morgan fingerprint density at radius 2 is 2.22 bits per heavy atom. The largest absolute Gasteiger partial charge is 0.496 e. The number of oxazole rings is 1. The van der Waals surface area contributed by atoms with Crippen molar-refractivity contribution >= 4 is 5.91 Å². The summed E-state index contributed by atoms with van der Waals surface area (Å²) in [5, 5.41) is 0. The van der Waals surface area contributed by atoms with Crippen LogP contribution >= 0.6 is 0 Å². The van der Waals surface area contributed by atoms with Gasteiger partial charge in [-0.3, -0.25) is 4.79 Å². The van der Waals surface area contributed by atoms with E-state index in [0.717, 1.165) is 44.8 Å². The summed E-state index contributed by atoms with van der Waals surface area (Å²) in [6.07, 6.45) is 4.62. The van der Waals surface area contributed by atoms with E-state index in [1.165, 1.54) is 18.4 Å². The molecular weight excluding hydrogens is 342 g/mol. The third-order valence-electron chi connectivity index (χ3n) is 5.31. The molecule has 0 radical (unpaired) electrons. The van der Waals surface area contributed by atoms with E-state index in [0.29, 0.717) is 17.4 Å². The number of carbonyl (C=O) groups excluding carboxylic acids is 1. The van der Waals surface area contributed by atoms with Gasteiger partial charge in [-0.05, 0) is 50.3 Å². The van der Waals surface area contributed by atoms with Gasteiger partial charge >= 0.3 is 0 Å². The van der Waals surface area contributed by atoms with E-state index in [1.807, 2.05) is 19.2 Å². The summed E-state index contributed by atoms with van der Waals surface area (Å²) >= 11 is 0. The van der Waals surface area contributed by atoms with Crippen LogP contribution in [0.5, 0.6) is 5.75 Å². The number of piperidine rings is 1. The molecule has 2 aromatic rings. The Bertz CT molecular complexity index is 759. The van der Waals surface area contributed by atoms with Crippen LogP contribution < -0.4 is 4.74 Å². The third-order valence-corrected chi connectivity index (χ3v) is 5.31. The van der Waals surface area contributed by atoms with E-state index in [4.69, 9.17) is 9.15 Å². The van der Waals surface area contributed by atoms with Crippen LogP contribution in [0.3, 0.4) is 0 Å². The number of methoxy groups -OCH3 is 1. The average Bonchev–Trinajstić information content (AvgIpc) is 3.12. The topological polar surface area (TPSA) is 58.8 Å². The number of aryl methyl sites for hydroxylation is 1. The summed E-state index contributed by atoms with van der Waals surface area (Å²) in [5.41, 5.74) is 1.89. The van der Waals surface area contributed by atoms with Crippen molar-refractivity contribution in [3.63, 3.8) is 0 Å². The maximum Gasteiger partial charge on any atom is 0.291 e. The van der Waals surface area contributed by atoms with E-state index >= 15 is 0 Å². The fourth-order valence-corrected chi connectivity index (χ4v) is 3.84. The first-order chi connectivity index (χ1) is 13.1. The van der Waals surface area contributed by atoms with E-state index in [-0.39, 0.29) is 5.91 Å². The number of benzene rings is 1. The molecule has 1 saturated heterocycles. The van der Waals surface area contributed by atoms with Crippen molar-refractivity contribution in [3.8, 4) is 5.75 Å². The number of nitrogens with zero attached hydrogens (tertiary/aromatic N) is 3. The number of aromatic nitrogens is 1. The molecule has 1 atom stereocenters. The number of likely N-dealkylation sites (tertiary alicyclic amines) is 1. The van der Waals surface area contributed by atoms with Crippen LogP contribution in [0.4, 0.5) is 0 Å². The molecule has 0 spiro atoms. The lowest BCUT2D eigenvalue weighted by Gasteiger charge is -2.34. The number of para-hydroxylation sites is 1. The molecule has 1 amide bonds. The Hall–Kier alpha value is -2.34. The molecule has 146 valence electrons. The fraction of sp³-hybridized carbons (Fsp3) is 0.524. The van der Waals surface area contributed by atoms with Gasteiger partial charge in [-0.15, -0.1) is 0 Å². The van der Waals surface area contributed by atoms with E-state index in [9.17, 15) is 4.79 Å². The van der Waals surface area contributed by atoms with Crippen LogP contribution in [0, 0.1) is 12.8 Å². The number of hydrogen-bond donors (Lipinski definition) is 0. The minimum Gasteiger partial charge on any atom is -0.496 e. The SMILES string of the molecule is COc1ccccc1CCN1CCCC(CN(C)C(=O)c2ocnc2C)C1. The van der Waals surface area contributed by atoms with Crippen LogP contribution in [0.15, 0.2) is 35.1 Å². The molecule has 1 aliphatic heterocycles. The maximum atomic E-state index is 12.5. The number of amides is 1. The minimum absolute atomic E-state index is 0.0869. The van der Waals surface area contributed by atoms with Crippen molar-refractivity contribution in [3.05, 3.63) is 47.7 Å². The van der Waals surface area contributed by atoms with Crippen LogP contribution in [-0.4, -0.2) is 61.0 Å². The van der Waals surface area contributed by atoms with E-state index < -0.39 is 0 Å². The van der Waals surface area contributed by atoms with Gasteiger partial charge in [0.05, 0.1) is 12.8 Å². The first-order valence-electron chi connectivity index (χ1n) is 9.58.